The maximum atomic E-state index is 12.9. The zero-order valence-electron chi connectivity index (χ0n) is 44.7. The van der Waals surface area contributed by atoms with Gasteiger partial charge in [0.25, 0.3) is 0 Å². The van der Waals surface area contributed by atoms with E-state index < -0.39 is 5.60 Å². The molecule has 0 aromatic heterocycles. The summed E-state index contributed by atoms with van der Waals surface area (Å²) in [5.41, 5.74) is -0.511. The minimum absolute atomic E-state index is 0.00167. The molecule has 0 unspecified atom stereocenters. The van der Waals surface area contributed by atoms with E-state index in [-0.39, 0.29) is 30.2 Å². The van der Waals surface area contributed by atoms with E-state index in [1.165, 1.54) is 154 Å². The molecule has 0 aliphatic rings. The molecule has 8 nitrogen and oxygen atoms in total. The molecule has 0 saturated carbocycles. The Bertz CT molecular complexity index is 951. The number of nitrogens with one attached hydrogen (secondary N) is 1. The third kappa shape index (κ3) is 47.0. The van der Waals surface area contributed by atoms with Gasteiger partial charge in [0.15, 0.2) is 0 Å². The molecule has 0 aromatic rings. The maximum absolute atomic E-state index is 12.9. The van der Waals surface area contributed by atoms with Gasteiger partial charge in [-0.15, -0.1) is 0 Å². The number of rotatable bonds is 49. The van der Waals surface area contributed by atoms with Gasteiger partial charge in [0.05, 0.1) is 0 Å². The number of amides is 1. The van der Waals surface area contributed by atoms with Crippen molar-refractivity contribution in [3.8, 4) is 0 Å². The van der Waals surface area contributed by atoms with Crippen LogP contribution in [0.2, 0.25) is 0 Å². The zero-order chi connectivity index (χ0) is 47.9. The predicted molar refractivity (Wildman–Crippen MR) is 278 cm³/mol. The monoisotopic (exact) mass is 921 g/mol. The first-order valence-corrected chi connectivity index (χ1v) is 28.6. The van der Waals surface area contributed by atoms with E-state index in [0.717, 1.165) is 110 Å². The molecule has 0 aliphatic heterocycles. The second-order valence-corrected chi connectivity index (χ2v) is 20.8. The molecule has 1 N–H and O–H groups in total. The summed E-state index contributed by atoms with van der Waals surface area (Å²) in [5, 5.41) is 2.95. The first kappa shape index (κ1) is 63.2. The first-order valence-electron chi connectivity index (χ1n) is 28.6. The lowest BCUT2D eigenvalue weighted by atomic mass is 10.0. The average Bonchev–Trinajstić information content (AvgIpc) is 3.26. The highest BCUT2D eigenvalue weighted by Crippen LogP contribution is 2.20. The number of alkyl carbamates (subject to hydrolysis) is 1. The standard InChI is InChI=1S/C57H112N2O6/c1-8-12-16-20-26-34-42-52(43-35-27-21-17-13-9-2)63-54(60)46-38-30-24-32-40-49-59(51-48-58-56(62)65-57(5,6)7)50-41-33-25-31-39-47-55(61)64-53(44-36-28-22-18-14-10-3)45-37-29-23-19-15-11-4/h52-53H,8-51H2,1-7H3,(H,58,62). The molecule has 0 fully saturated rings. The highest BCUT2D eigenvalue weighted by molar-refractivity contribution is 5.70. The maximum Gasteiger partial charge on any atom is 0.407 e. The van der Waals surface area contributed by atoms with Crippen molar-refractivity contribution in [1.29, 1.82) is 0 Å². The summed E-state index contributed by atoms with van der Waals surface area (Å²) in [5.74, 6) is 0.00334. The lowest BCUT2D eigenvalue weighted by molar-refractivity contribution is -0.151. The Labute approximate surface area is 404 Å². The highest BCUT2D eigenvalue weighted by Gasteiger charge is 2.18. The van der Waals surface area contributed by atoms with Crippen LogP contribution in [0.5, 0.6) is 0 Å². The van der Waals surface area contributed by atoms with Crippen LogP contribution in [-0.4, -0.2) is 66.9 Å². The van der Waals surface area contributed by atoms with E-state index in [4.69, 9.17) is 14.2 Å². The molecular formula is C57H112N2O6. The van der Waals surface area contributed by atoms with Gasteiger partial charge in [0.1, 0.15) is 17.8 Å². The summed E-state index contributed by atoms with van der Waals surface area (Å²) in [6.07, 6.45) is 46.2. The Balaban J connectivity index is 4.69. The third-order valence-electron chi connectivity index (χ3n) is 12.9. The van der Waals surface area contributed by atoms with Crippen LogP contribution in [0.3, 0.4) is 0 Å². The largest absolute Gasteiger partial charge is 0.462 e. The van der Waals surface area contributed by atoms with Gasteiger partial charge in [-0.1, -0.05) is 195 Å². The van der Waals surface area contributed by atoms with Gasteiger partial charge in [-0.25, -0.2) is 4.79 Å². The third-order valence-corrected chi connectivity index (χ3v) is 12.9. The van der Waals surface area contributed by atoms with Gasteiger partial charge >= 0.3 is 18.0 Å². The van der Waals surface area contributed by atoms with Crippen molar-refractivity contribution >= 4 is 18.0 Å². The Hall–Kier alpha value is -1.83. The number of hydrogen-bond acceptors (Lipinski definition) is 7. The van der Waals surface area contributed by atoms with Gasteiger partial charge < -0.3 is 24.4 Å². The Morgan fingerprint density at radius 1 is 0.400 bits per heavy atom. The van der Waals surface area contributed by atoms with Crippen LogP contribution in [0.25, 0.3) is 0 Å². The first-order chi connectivity index (χ1) is 31.5. The number of nitrogens with zero attached hydrogens (tertiary/aromatic N) is 1. The molecule has 386 valence electrons. The number of carbonyl (C=O) groups excluding carboxylic acids is 3. The molecule has 0 heterocycles. The second-order valence-electron chi connectivity index (χ2n) is 20.8. The zero-order valence-corrected chi connectivity index (χ0v) is 44.7. The predicted octanol–water partition coefficient (Wildman–Crippen LogP) is 17.3. The van der Waals surface area contributed by atoms with Crippen molar-refractivity contribution in [1.82, 2.24) is 10.2 Å². The number of ether oxygens (including phenoxy) is 3. The summed E-state index contributed by atoms with van der Waals surface area (Å²) in [4.78, 5) is 40.6. The van der Waals surface area contributed by atoms with Crippen molar-refractivity contribution < 1.29 is 28.6 Å². The molecule has 0 spiro atoms. The molecule has 0 bridgehead atoms. The summed E-state index contributed by atoms with van der Waals surface area (Å²) in [6.45, 7) is 18.1. The minimum Gasteiger partial charge on any atom is -0.462 e. The van der Waals surface area contributed by atoms with Gasteiger partial charge in [-0.3, -0.25) is 9.59 Å². The molecular weight excluding hydrogens is 809 g/mol. The molecule has 0 rings (SSSR count). The molecule has 0 aromatic carbocycles. The Morgan fingerprint density at radius 3 is 1.02 bits per heavy atom. The summed E-state index contributed by atoms with van der Waals surface area (Å²) in [6, 6.07) is 0. The van der Waals surface area contributed by atoms with Crippen molar-refractivity contribution in [3.05, 3.63) is 0 Å². The SMILES string of the molecule is CCCCCCCCC(CCCCCCCC)OC(=O)CCCCCCCN(CCCCCCCC(=O)OC(CCCCCCCC)CCCCCCCC)CCNC(=O)OC(C)(C)C. The number of carbonyl (C=O) groups is 3. The fourth-order valence-electron chi connectivity index (χ4n) is 8.86. The van der Waals surface area contributed by atoms with Crippen molar-refractivity contribution in [3.63, 3.8) is 0 Å². The quantitative estimate of drug-likeness (QED) is 0.0369. The fraction of sp³-hybridized carbons (Fsp3) is 0.947. The lowest BCUT2D eigenvalue weighted by Crippen LogP contribution is -2.38. The van der Waals surface area contributed by atoms with Gasteiger partial charge in [0, 0.05) is 25.9 Å². The molecule has 0 radical (unpaired) electrons. The topological polar surface area (TPSA) is 94.2 Å². The van der Waals surface area contributed by atoms with E-state index in [1.807, 2.05) is 20.8 Å². The second kappa shape index (κ2) is 47.2. The lowest BCUT2D eigenvalue weighted by Gasteiger charge is -2.24. The van der Waals surface area contributed by atoms with Crippen LogP contribution < -0.4 is 5.32 Å². The molecule has 65 heavy (non-hydrogen) atoms. The number of hydrogen-bond donors (Lipinski definition) is 1. The summed E-state index contributed by atoms with van der Waals surface area (Å²) in [7, 11) is 0. The Kier molecular flexibility index (Phi) is 45.9. The van der Waals surface area contributed by atoms with Gasteiger partial charge in [-0.2, -0.15) is 0 Å². The fourth-order valence-corrected chi connectivity index (χ4v) is 8.86. The van der Waals surface area contributed by atoms with Crippen LogP contribution >= 0.6 is 0 Å². The van der Waals surface area contributed by atoms with Crippen LogP contribution in [0, 0.1) is 0 Å². The molecule has 0 aliphatic carbocycles. The minimum atomic E-state index is -0.511. The van der Waals surface area contributed by atoms with E-state index in [0.29, 0.717) is 19.4 Å². The smallest absolute Gasteiger partial charge is 0.407 e. The summed E-state index contributed by atoms with van der Waals surface area (Å²) < 4.78 is 17.6. The van der Waals surface area contributed by atoms with Crippen molar-refractivity contribution in [2.45, 2.75) is 323 Å². The van der Waals surface area contributed by atoms with Crippen LogP contribution in [0.15, 0.2) is 0 Å². The van der Waals surface area contributed by atoms with Crippen LogP contribution in [0.1, 0.15) is 305 Å². The Morgan fingerprint density at radius 2 is 0.692 bits per heavy atom. The van der Waals surface area contributed by atoms with Crippen molar-refractivity contribution in [2.24, 2.45) is 0 Å². The summed E-state index contributed by atoms with van der Waals surface area (Å²) >= 11 is 0. The highest BCUT2D eigenvalue weighted by atomic mass is 16.6. The van der Waals surface area contributed by atoms with Crippen LogP contribution in [-0.2, 0) is 23.8 Å². The molecule has 0 saturated heterocycles. The van der Waals surface area contributed by atoms with E-state index in [9.17, 15) is 14.4 Å². The van der Waals surface area contributed by atoms with Gasteiger partial charge in [0.2, 0.25) is 0 Å². The average molecular weight is 922 g/mol. The van der Waals surface area contributed by atoms with Crippen molar-refractivity contribution in [2.75, 3.05) is 26.2 Å². The van der Waals surface area contributed by atoms with Gasteiger partial charge in [-0.05, 0) is 111 Å². The van der Waals surface area contributed by atoms with E-state index in [1.54, 1.807) is 0 Å². The molecule has 0 atom stereocenters. The van der Waals surface area contributed by atoms with E-state index in [2.05, 4.69) is 37.9 Å². The number of unbranched alkanes of at least 4 members (excludes halogenated alkanes) is 28. The molecule has 1 amide bonds. The van der Waals surface area contributed by atoms with Crippen LogP contribution in [0.4, 0.5) is 4.79 Å². The molecule has 8 heteroatoms. The van der Waals surface area contributed by atoms with E-state index >= 15 is 0 Å². The normalized spacial score (nSPS) is 11.8. The number of esters is 2.